The summed E-state index contributed by atoms with van der Waals surface area (Å²) >= 11 is 0. The van der Waals surface area contributed by atoms with Gasteiger partial charge in [0.1, 0.15) is 0 Å². The van der Waals surface area contributed by atoms with Crippen molar-refractivity contribution in [3.8, 4) is 5.69 Å². The molecule has 124 valence electrons. The summed E-state index contributed by atoms with van der Waals surface area (Å²) in [6.07, 6.45) is 3.78. The van der Waals surface area contributed by atoms with Crippen LogP contribution in [0.15, 0.2) is 79.1 Å². The Hall–Kier alpha value is -3.20. The topological polar surface area (TPSA) is 29.0 Å². The van der Waals surface area contributed by atoms with Gasteiger partial charge in [0.15, 0.2) is 0 Å². The van der Waals surface area contributed by atoms with E-state index in [1.54, 1.807) is 0 Å². The molecule has 3 heteroatoms. The van der Waals surface area contributed by atoms with Crippen LogP contribution in [-0.4, -0.2) is 11.6 Å². The van der Waals surface area contributed by atoms with Crippen LogP contribution < -0.4 is 10.6 Å². The van der Waals surface area contributed by atoms with Gasteiger partial charge in [0.2, 0.25) is 0 Å². The van der Waals surface area contributed by atoms with Crippen molar-refractivity contribution in [1.82, 2.24) is 9.88 Å². The highest BCUT2D eigenvalue weighted by Gasteiger charge is 2.11. The van der Waals surface area contributed by atoms with Gasteiger partial charge in [-0.2, -0.15) is 0 Å². The average molecular weight is 327 g/mol. The van der Waals surface area contributed by atoms with Gasteiger partial charge in [-0.25, -0.2) is 0 Å². The van der Waals surface area contributed by atoms with E-state index in [-0.39, 0.29) is 0 Å². The fourth-order valence-corrected chi connectivity index (χ4v) is 3.36. The highest BCUT2D eigenvalue weighted by atomic mass is 15.0. The number of nitrogens with one attached hydrogen (secondary N) is 2. The average Bonchev–Trinajstić information content (AvgIpc) is 2.98. The third-order valence-corrected chi connectivity index (χ3v) is 4.54. The number of aromatic nitrogens is 1. The van der Waals surface area contributed by atoms with Crippen LogP contribution in [0.1, 0.15) is 5.56 Å². The fraction of sp³-hybridized carbons (Fsp3) is 0.0909. The number of nitrogens with zero attached hydrogens (tertiary/aromatic N) is 1. The maximum absolute atomic E-state index is 3.31. The molecule has 0 unspecified atom stereocenters. The minimum absolute atomic E-state index is 1.11. The van der Waals surface area contributed by atoms with Crippen molar-refractivity contribution in [2.75, 3.05) is 12.4 Å². The van der Waals surface area contributed by atoms with E-state index in [2.05, 4.69) is 88.9 Å². The molecule has 0 saturated heterocycles. The number of rotatable bonds is 4. The number of aryl methyl sites for hydroxylation is 1. The zero-order chi connectivity index (χ0) is 17.2. The van der Waals surface area contributed by atoms with E-state index < -0.39 is 0 Å². The molecule has 0 saturated carbocycles. The summed E-state index contributed by atoms with van der Waals surface area (Å²) in [5.41, 5.74) is 5.96. The van der Waals surface area contributed by atoms with Gasteiger partial charge in [-0.15, -0.1) is 0 Å². The minimum atomic E-state index is 1.11. The monoisotopic (exact) mass is 327 g/mol. The summed E-state index contributed by atoms with van der Waals surface area (Å²) in [5, 5.41) is 8.87. The van der Waals surface area contributed by atoms with E-state index in [9.17, 15) is 0 Å². The molecule has 25 heavy (non-hydrogen) atoms. The third kappa shape index (κ3) is 2.64. The molecule has 1 aromatic heterocycles. The Bertz CT molecular complexity index is 1020. The van der Waals surface area contributed by atoms with Gasteiger partial charge in [-0.05, 0) is 42.8 Å². The highest BCUT2D eigenvalue weighted by Crippen LogP contribution is 2.32. The first-order chi connectivity index (χ1) is 12.3. The van der Waals surface area contributed by atoms with E-state index in [1.165, 1.54) is 33.1 Å². The largest absolute Gasteiger partial charge is 0.393 e. The highest BCUT2D eigenvalue weighted by molar-refractivity contribution is 6.09. The Morgan fingerprint density at radius 2 is 1.44 bits per heavy atom. The van der Waals surface area contributed by atoms with E-state index in [0.29, 0.717) is 0 Å². The first-order valence-electron chi connectivity index (χ1n) is 8.47. The lowest BCUT2D eigenvalue weighted by Crippen LogP contribution is -1.99. The smallest absolute Gasteiger partial charge is 0.0541 e. The summed E-state index contributed by atoms with van der Waals surface area (Å²) in [4.78, 5) is 0. The number of anilines is 1. The molecule has 0 fully saturated rings. The first-order valence-corrected chi connectivity index (χ1v) is 8.47. The standard InChI is InChI=1S/C22H21N3/c1-16-15-17(11-12-20(16)24-14-13-23-2)25-21-9-5-3-7-18(21)19-8-4-6-10-22(19)25/h3-15,23-24H,1-2H3/b14-13-. The molecular formula is C22H21N3. The number of para-hydroxylation sites is 2. The van der Waals surface area contributed by atoms with Gasteiger partial charge in [0, 0.05) is 41.6 Å². The Labute approximate surface area is 147 Å². The second kappa shape index (κ2) is 6.36. The van der Waals surface area contributed by atoms with E-state index in [1.807, 2.05) is 19.4 Å². The Morgan fingerprint density at radius 3 is 2.04 bits per heavy atom. The second-order valence-electron chi connectivity index (χ2n) is 6.14. The van der Waals surface area contributed by atoms with Crippen molar-refractivity contribution in [2.45, 2.75) is 6.92 Å². The number of fused-ring (bicyclic) bond motifs is 3. The predicted molar refractivity (Wildman–Crippen MR) is 107 cm³/mol. The van der Waals surface area contributed by atoms with Crippen molar-refractivity contribution >= 4 is 27.5 Å². The molecule has 1 heterocycles. The molecule has 0 atom stereocenters. The van der Waals surface area contributed by atoms with Crippen LogP contribution in [0.5, 0.6) is 0 Å². The predicted octanol–water partition coefficient (Wildman–Crippen LogP) is 5.19. The normalized spacial score (nSPS) is 11.4. The molecule has 4 rings (SSSR count). The molecule has 3 aromatic carbocycles. The lowest BCUT2D eigenvalue weighted by molar-refractivity contribution is 1.10. The van der Waals surface area contributed by atoms with Crippen molar-refractivity contribution < 1.29 is 0 Å². The summed E-state index contributed by atoms with van der Waals surface area (Å²) in [7, 11) is 1.89. The SMILES string of the molecule is CN/C=C\Nc1ccc(-n2c3ccccc3c3ccccc32)cc1C. The molecule has 4 aromatic rings. The Kier molecular flexibility index (Phi) is 3.90. The van der Waals surface area contributed by atoms with E-state index >= 15 is 0 Å². The molecule has 0 aliphatic carbocycles. The van der Waals surface area contributed by atoms with Crippen LogP contribution in [0.4, 0.5) is 5.69 Å². The summed E-state index contributed by atoms with van der Waals surface area (Å²) in [6, 6.07) is 23.7. The Balaban J connectivity index is 1.89. The van der Waals surface area contributed by atoms with Crippen LogP contribution >= 0.6 is 0 Å². The van der Waals surface area contributed by atoms with Gasteiger partial charge in [-0.3, -0.25) is 0 Å². The van der Waals surface area contributed by atoms with E-state index in [4.69, 9.17) is 0 Å². The maximum atomic E-state index is 3.31. The van der Waals surface area contributed by atoms with Crippen LogP contribution in [0.25, 0.3) is 27.5 Å². The number of hydrogen-bond donors (Lipinski definition) is 2. The van der Waals surface area contributed by atoms with E-state index in [0.717, 1.165) is 5.69 Å². The molecule has 0 spiro atoms. The first kappa shape index (κ1) is 15.3. The lowest BCUT2D eigenvalue weighted by atomic mass is 10.1. The van der Waals surface area contributed by atoms with Crippen molar-refractivity contribution in [1.29, 1.82) is 0 Å². The van der Waals surface area contributed by atoms with Crippen LogP contribution in [0.3, 0.4) is 0 Å². The quantitative estimate of drug-likeness (QED) is 0.540. The molecule has 0 radical (unpaired) electrons. The van der Waals surface area contributed by atoms with Gasteiger partial charge < -0.3 is 15.2 Å². The summed E-state index contributed by atoms with van der Waals surface area (Å²) in [6.45, 7) is 2.13. The van der Waals surface area contributed by atoms with Gasteiger partial charge >= 0.3 is 0 Å². The number of benzene rings is 3. The van der Waals surface area contributed by atoms with Gasteiger partial charge in [0.05, 0.1) is 11.0 Å². The Morgan fingerprint density at radius 1 is 0.800 bits per heavy atom. The van der Waals surface area contributed by atoms with Crippen LogP contribution in [-0.2, 0) is 0 Å². The zero-order valence-corrected chi connectivity index (χ0v) is 14.5. The lowest BCUT2D eigenvalue weighted by Gasteiger charge is -2.12. The fourth-order valence-electron chi connectivity index (χ4n) is 3.36. The van der Waals surface area contributed by atoms with Crippen molar-refractivity contribution in [2.24, 2.45) is 0 Å². The van der Waals surface area contributed by atoms with Crippen molar-refractivity contribution in [3.63, 3.8) is 0 Å². The van der Waals surface area contributed by atoms with Crippen molar-refractivity contribution in [3.05, 3.63) is 84.7 Å². The summed E-state index contributed by atoms with van der Waals surface area (Å²) in [5.74, 6) is 0. The van der Waals surface area contributed by atoms with Crippen LogP contribution in [0, 0.1) is 6.92 Å². The van der Waals surface area contributed by atoms with Gasteiger partial charge in [0.25, 0.3) is 0 Å². The minimum Gasteiger partial charge on any atom is -0.393 e. The maximum Gasteiger partial charge on any atom is 0.0541 e. The molecule has 0 aliphatic heterocycles. The molecule has 0 aliphatic rings. The third-order valence-electron chi connectivity index (χ3n) is 4.54. The molecular weight excluding hydrogens is 306 g/mol. The molecule has 0 bridgehead atoms. The molecule has 2 N–H and O–H groups in total. The zero-order valence-electron chi connectivity index (χ0n) is 14.5. The number of hydrogen-bond acceptors (Lipinski definition) is 2. The molecule has 0 amide bonds. The molecule has 3 nitrogen and oxygen atoms in total. The van der Waals surface area contributed by atoms with Gasteiger partial charge in [-0.1, -0.05) is 36.4 Å². The van der Waals surface area contributed by atoms with Crippen LogP contribution in [0.2, 0.25) is 0 Å². The second-order valence-corrected chi connectivity index (χ2v) is 6.14. The summed E-state index contributed by atoms with van der Waals surface area (Å²) < 4.78 is 2.34.